The van der Waals surface area contributed by atoms with Crippen molar-refractivity contribution in [2.24, 2.45) is 11.3 Å². The lowest BCUT2D eigenvalue weighted by molar-refractivity contribution is -0.157. The molecule has 2 atom stereocenters. The number of rotatable bonds is 7. The minimum absolute atomic E-state index is 0.0521. The smallest absolute Gasteiger partial charge is 0.311 e. The first kappa shape index (κ1) is 20.3. The van der Waals surface area contributed by atoms with E-state index in [-0.39, 0.29) is 24.8 Å². The van der Waals surface area contributed by atoms with Crippen LogP contribution in [0.25, 0.3) is 0 Å². The van der Waals surface area contributed by atoms with Crippen LogP contribution < -0.4 is 14.2 Å². The van der Waals surface area contributed by atoms with Crippen LogP contribution in [0.4, 0.5) is 0 Å². The summed E-state index contributed by atoms with van der Waals surface area (Å²) >= 11 is 0. The monoisotopic (exact) mass is 393 g/mol. The Morgan fingerprint density at radius 2 is 1.89 bits per heavy atom. The van der Waals surface area contributed by atoms with Gasteiger partial charge in [-0.2, -0.15) is 0 Å². The molecule has 1 aromatic carbocycles. The SMILES string of the molecule is COc1cc(CCC(=O)N2C[C@H]3COCC[C@@]3(C(=O)O)C2)cc(OC)c1OC. The molecule has 8 heteroatoms. The normalized spacial score (nSPS) is 23.8. The summed E-state index contributed by atoms with van der Waals surface area (Å²) in [6, 6.07) is 3.65. The van der Waals surface area contributed by atoms with Crippen LogP contribution in [0.2, 0.25) is 0 Å². The van der Waals surface area contributed by atoms with Gasteiger partial charge in [-0.15, -0.1) is 0 Å². The van der Waals surface area contributed by atoms with Crippen LogP contribution in [0.15, 0.2) is 12.1 Å². The molecule has 154 valence electrons. The van der Waals surface area contributed by atoms with Crippen molar-refractivity contribution < 1.29 is 33.6 Å². The quantitative estimate of drug-likeness (QED) is 0.752. The van der Waals surface area contributed by atoms with Gasteiger partial charge in [0.05, 0.1) is 33.4 Å². The number of hydrogen-bond donors (Lipinski definition) is 1. The fraction of sp³-hybridized carbons (Fsp3) is 0.600. The highest BCUT2D eigenvalue weighted by molar-refractivity contribution is 5.81. The highest BCUT2D eigenvalue weighted by atomic mass is 16.5. The molecule has 0 radical (unpaired) electrons. The minimum Gasteiger partial charge on any atom is -0.493 e. The van der Waals surface area contributed by atoms with E-state index in [1.54, 1.807) is 26.2 Å². The Bertz CT molecular complexity index is 725. The van der Waals surface area contributed by atoms with Crippen molar-refractivity contribution in [3.8, 4) is 17.2 Å². The molecule has 0 aliphatic carbocycles. The summed E-state index contributed by atoms with van der Waals surface area (Å²) in [5.74, 6) is 0.553. The summed E-state index contributed by atoms with van der Waals surface area (Å²) in [5.41, 5.74) is 0.0104. The molecule has 2 aliphatic heterocycles. The Balaban J connectivity index is 1.69. The van der Waals surface area contributed by atoms with E-state index in [0.29, 0.717) is 49.8 Å². The first-order chi connectivity index (χ1) is 13.4. The average Bonchev–Trinajstić information content (AvgIpc) is 3.12. The van der Waals surface area contributed by atoms with Gasteiger partial charge in [0.15, 0.2) is 11.5 Å². The highest BCUT2D eigenvalue weighted by Gasteiger charge is 2.54. The molecule has 0 aromatic heterocycles. The Kier molecular flexibility index (Phi) is 5.98. The predicted octanol–water partition coefficient (Wildman–Crippen LogP) is 1.59. The Morgan fingerprint density at radius 3 is 2.43 bits per heavy atom. The zero-order chi connectivity index (χ0) is 20.3. The number of nitrogens with zero attached hydrogens (tertiary/aromatic N) is 1. The number of carbonyl (C=O) groups excluding carboxylic acids is 1. The van der Waals surface area contributed by atoms with Gasteiger partial charge in [0.2, 0.25) is 11.7 Å². The maximum atomic E-state index is 12.8. The first-order valence-corrected chi connectivity index (χ1v) is 9.33. The fourth-order valence-corrected chi connectivity index (χ4v) is 4.18. The van der Waals surface area contributed by atoms with Crippen LogP contribution in [0.3, 0.4) is 0 Å². The van der Waals surface area contributed by atoms with Gasteiger partial charge in [0, 0.05) is 32.0 Å². The number of carboxylic acids is 1. The number of ether oxygens (including phenoxy) is 4. The predicted molar refractivity (Wildman–Crippen MR) is 100.0 cm³/mol. The third-order valence-electron chi connectivity index (χ3n) is 5.84. The van der Waals surface area contributed by atoms with E-state index in [1.165, 1.54) is 0 Å². The van der Waals surface area contributed by atoms with Crippen molar-refractivity contribution in [3.63, 3.8) is 0 Å². The third-order valence-corrected chi connectivity index (χ3v) is 5.84. The molecule has 8 nitrogen and oxygen atoms in total. The van der Waals surface area contributed by atoms with Gasteiger partial charge in [-0.3, -0.25) is 9.59 Å². The molecular weight excluding hydrogens is 366 g/mol. The Morgan fingerprint density at radius 1 is 1.21 bits per heavy atom. The standard InChI is InChI=1S/C20H27NO7/c1-25-15-8-13(9-16(26-2)18(15)27-3)4-5-17(22)21-10-14-11-28-7-6-20(14,12-21)19(23)24/h8-9,14H,4-7,10-12H2,1-3H3,(H,23,24)/t14-,20+/m0/s1. The number of benzene rings is 1. The van der Waals surface area contributed by atoms with Crippen molar-refractivity contribution in [2.45, 2.75) is 19.3 Å². The number of carboxylic acid groups (broad SMARTS) is 1. The van der Waals surface area contributed by atoms with Gasteiger partial charge in [-0.25, -0.2) is 0 Å². The topological polar surface area (TPSA) is 94.5 Å². The van der Waals surface area contributed by atoms with E-state index in [1.807, 2.05) is 12.1 Å². The molecule has 2 fully saturated rings. The summed E-state index contributed by atoms with van der Waals surface area (Å²) in [4.78, 5) is 26.3. The lowest BCUT2D eigenvalue weighted by atomic mass is 9.74. The maximum Gasteiger partial charge on any atom is 0.311 e. The number of carbonyl (C=O) groups is 2. The second-order valence-corrected chi connectivity index (χ2v) is 7.29. The molecule has 3 rings (SSSR count). The van der Waals surface area contributed by atoms with Crippen molar-refractivity contribution >= 4 is 11.9 Å². The molecule has 2 heterocycles. The number of hydrogen-bond acceptors (Lipinski definition) is 6. The molecule has 0 unspecified atom stereocenters. The molecule has 1 amide bonds. The van der Waals surface area contributed by atoms with Crippen LogP contribution in [0, 0.1) is 11.3 Å². The van der Waals surface area contributed by atoms with Crippen molar-refractivity contribution in [1.29, 1.82) is 0 Å². The molecule has 28 heavy (non-hydrogen) atoms. The highest BCUT2D eigenvalue weighted by Crippen LogP contribution is 2.43. The van der Waals surface area contributed by atoms with E-state index in [0.717, 1.165) is 5.56 Å². The van der Waals surface area contributed by atoms with E-state index in [9.17, 15) is 14.7 Å². The van der Waals surface area contributed by atoms with Crippen molar-refractivity contribution in [3.05, 3.63) is 17.7 Å². The second kappa shape index (κ2) is 8.26. The Hall–Kier alpha value is -2.48. The molecule has 0 saturated carbocycles. The number of fused-ring (bicyclic) bond motifs is 1. The first-order valence-electron chi connectivity index (χ1n) is 9.33. The minimum atomic E-state index is -0.875. The molecule has 2 aliphatic rings. The Labute approximate surface area is 164 Å². The molecule has 2 saturated heterocycles. The van der Waals surface area contributed by atoms with Crippen LogP contribution >= 0.6 is 0 Å². The summed E-state index contributed by atoms with van der Waals surface area (Å²) < 4.78 is 21.5. The number of aliphatic carboxylic acids is 1. The van der Waals surface area contributed by atoms with Gasteiger partial charge in [0.1, 0.15) is 0 Å². The van der Waals surface area contributed by atoms with Gasteiger partial charge in [-0.1, -0.05) is 0 Å². The van der Waals surface area contributed by atoms with Crippen molar-refractivity contribution in [1.82, 2.24) is 4.90 Å². The second-order valence-electron chi connectivity index (χ2n) is 7.29. The zero-order valence-electron chi connectivity index (χ0n) is 16.5. The summed E-state index contributed by atoms with van der Waals surface area (Å²) in [6.07, 6.45) is 1.22. The summed E-state index contributed by atoms with van der Waals surface area (Å²) in [7, 11) is 4.63. The molecule has 1 N–H and O–H groups in total. The van der Waals surface area contributed by atoms with Gasteiger partial charge in [-0.05, 0) is 30.5 Å². The van der Waals surface area contributed by atoms with Crippen molar-refractivity contribution in [2.75, 3.05) is 47.6 Å². The summed E-state index contributed by atoms with van der Waals surface area (Å²) in [5, 5.41) is 9.74. The van der Waals surface area contributed by atoms with Gasteiger partial charge >= 0.3 is 5.97 Å². The van der Waals surface area contributed by atoms with E-state index in [2.05, 4.69) is 0 Å². The number of aryl methyl sites for hydroxylation is 1. The number of likely N-dealkylation sites (tertiary alicyclic amines) is 1. The lowest BCUT2D eigenvalue weighted by Gasteiger charge is -2.33. The van der Waals surface area contributed by atoms with E-state index >= 15 is 0 Å². The van der Waals surface area contributed by atoms with Crippen LogP contribution in [-0.2, 0) is 20.7 Å². The van der Waals surface area contributed by atoms with E-state index < -0.39 is 11.4 Å². The van der Waals surface area contributed by atoms with Crippen LogP contribution in [0.1, 0.15) is 18.4 Å². The molecular formula is C20H27NO7. The van der Waals surface area contributed by atoms with E-state index in [4.69, 9.17) is 18.9 Å². The maximum absolute atomic E-state index is 12.8. The van der Waals surface area contributed by atoms with Crippen LogP contribution in [0.5, 0.6) is 17.2 Å². The van der Waals surface area contributed by atoms with Gasteiger partial charge in [0.25, 0.3) is 0 Å². The van der Waals surface area contributed by atoms with Gasteiger partial charge < -0.3 is 29.0 Å². The van der Waals surface area contributed by atoms with Crippen LogP contribution in [-0.4, -0.2) is 69.5 Å². The summed E-state index contributed by atoms with van der Waals surface area (Å²) in [6.45, 7) is 1.50. The molecule has 0 bridgehead atoms. The lowest BCUT2D eigenvalue weighted by Crippen LogP contribution is -2.45. The average molecular weight is 393 g/mol. The number of methoxy groups -OCH3 is 3. The zero-order valence-corrected chi connectivity index (χ0v) is 16.5. The largest absolute Gasteiger partial charge is 0.493 e. The number of amides is 1. The third kappa shape index (κ3) is 3.61. The fourth-order valence-electron chi connectivity index (χ4n) is 4.18. The molecule has 1 aromatic rings. The molecule has 0 spiro atoms.